The van der Waals surface area contributed by atoms with Crippen molar-refractivity contribution in [1.82, 2.24) is 0 Å². The van der Waals surface area contributed by atoms with Crippen LogP contribution in [-0.4, -0.2) is 127 Å². The third kappa shape index (κ3) is 8.19. The van der Waals surface area contributed by atoms with Gasteiger partial charge in [-0.1, -0.05) is 6.58 Å². The lowest BCUT2D eigenvalue weighted by atomic mass is 9.98. The molecule has 0 aliphatic carbocycles. The maximum atomic E-state index is 9.83. The van der Waals surface area contributed by atoms with Crippen LogP contribution in [-0.2, 0) is 14.3 Å². The monoisotopic (exact) mass is 429 g/mol. The molecule has 1 saturated heterocycles. The van der Waals surface area contributed by atoms with Crippen LogP contribution in [0, 0.1) is 0 Å². The van der Waals surface area contributed by atoms with Crippen LogP contribution in [0.1, 0.15) is 6.92 Å². The Bertz CT molecular complexity index is 492. The van der Waals surface area contributed by atoms with E-state index in [1.807, 2.05) is 0 Å². The SMILES string of the molecule is C=C(C)C(N)=O.OC[C@@H](O)[C@@H](O[C@@H]1O[C@H](CO)[C@H](O)[C@H](O)[C@H]1O)[C@H](O)[C@@H](O)CO. The summed E-state index contributed by atoms with van der Waals surface area (Å²) in [7, 11) is 0. The van der Waals surface area contributed by atoms with Crippen LogP contribution in [0.25, 0.3) is 0 Å². The third-order valence-corrected chi connectivity index (χ3v) is 4.04. The molecule has 0 aromatic heterocycles. The summed E-state index contributed by atoms with van der Waals surface area (Å²) in [5, 5.41) is 84.9. The van der Waals surface area contributed by atoms with Gasteiger partial charge in [-0.15, -0.1) is 0 Å². The molecule has 1 aliphatic rings. The van der Waals surface area contributed by atoms with E-state index in [2.05, 4.69) is 6.58 Å². The van der Waals surface area contributed by atoms with Gasteiger partial charge in [0, 0.05) is 5.57 Å². The standard InChI is InChI=1S/C12H24O11.C4H7NO/c13-1-4(16)7(18)11(5(17)2-14)23-12-10(21)9(20)8(19)6(3-15)22-12;1-3(2)4(5)6/h4-21H,1-3H2;1H2,2H3,(H2,5,6)/t4-,5+,6+,7+,8-,9-,10+,11+,12-;/m0./s1. The van der Waals surface area contributed by atoms with E-state index in [9.17, 15) is 35.4 Å². The van der Waals surface area contributed by atoms with Crippen LogP contribution >= 0.6 is 0 Å². The molecule has 1 rings (SSSR count). The lowest BCUT2D eigenvalue weighted by molar-refractivity contribution is -0.327. The predicted molar refractivity (Wildman–Crippen MR) is 94.8 cm³/mol. The van der Waals surface area contributed by atoms with Crippen molar-refractivity contribution in [1.29, 1.82) is 0 Å². The van der Waals surface area contributed by atoms with Crippen molar-refractivity contribution in [2.24, 2.45) is 5.73 Å². The molecule has 11 N–H and O–H groups in total. The highest BCUT2D eigenvalue weighted by molar-refractivity contribution is 5.90. The van der Waals surface area contributed by atoms with Crippen molar-refractivity contribution in [3.8, 4) is 0 Å². The van der Waals surface area contributed by atoms with Gasteiger partial charge in [-0.3, -0.25) is 4.79 Å². The van der Waals surface area contributed by atoms with E-state index in [0.717, 1.165) is 0 Å². The number of ether oxygens (including phenoxy) is 2. The number of carbonyl (C=O) groups is 1. The normalized spacial score (nSPS) is 31.0. The number of rotatable bonds is 9. The highest BCUT2D eigenvalue weighted by Crippen LogP contribution is 2.24. The van der Waals surface area contributed by atoms with Gasteiger partial charge in [0.05, 0.1) is 19.8 Å². The Morgan fingerprint density at radius 1 is 1.03 bits per heavy atom. The van der Waals surface area contributed by atoms with Crippen molar-refractivity contribution in [2.45, 2.75) is 62.0 Å². The molecule has 1 amide bonds. The van der Waals surface area contributed by atoms with E-state index < -0.39 is 80.8 Å². The Labute approximate surface area is 166 Å². The molecule has 0 aromatic rings. The lowest BCUT2D eigenvalue weighted by Gasteiger charge is -2.42. The molecule has 0 bridgehead atoms. The predicted octanol–water partition coefficient (Wildman–Crippen LogP) is -5.71. The summed E-state index contributed by atoms with van der Waals surface area (Å²) < 4.78 is 10.1. The molecule has 172 valence electrons. The zero-order valence-electron chi connectivity index (χ0n) is 15.9. The molecule has 9 atom stereocenters. The topological polar surface area (TPSA) is 244 Å². The second kappa shape index (κ2) is 13.1. The number of hydrogen-bond acceptors (Lipinski definition) is 12. The smallest absolute Gasteiger partial charge is 0.243 e. The summed E-state index contributed by atoms with van der Waals surface area (Å²) in [6, 6.07) is 0. The molecule has 1 aliphatic heterocycles. The van der Waals surface area contributed by atoms with Gasteiger partial charge in [0.2, 0.25) is 5.91 Å². The van der Waals surface area contributed by atoms with Crippen LogP contribution < -0.4 is 5.73 Å². The fourth-order valence-electron chi connectivity index (χ4n) is 2.16. The van der Waals surface area contributed by atoms with Gasteiger partial charge in [-0.05, 0) is 6.92 Å². The van der Waals surface area contributed by atoms with Crippen molar-refractivity contribution >= 4 is 5.91 Å². The van der Waals surface area contributed by atoms with Gasteiger partial charge in [0.15, 0.2) is 6.29 Å². The molecular formula is C16H31NO12. The van der Waals surface area contributed by atoms with Gasteiger partial charge in [-0.2, -0.15) is 0 Å². The number of amides is 1. The molecule has 1 fully saturated rings. The summed E-state index contributed by atoms with van der Waals surface area (Å²) in [5.74, 6) is -0.435. The number of nitrogens with two attached hydrogens (primary N) is 1. The van der Waals surface area contributed by atoms with E-state index in [0.29, 0.717) is 5.57 Å². The first kappa shape index (κ1) is 27.8. The van der Waals surface area contributed by atoms with Crippen LogP contribution in [0.3, 0.4) is 0 Å². The number of carbonyl (C=O) groups excluding carboxylic acids is 1. The van der Waals surface area contributed by atoms with Gasteiger partial charge in [0.1, 0.15) is 48.8 Å². The van der Waals surface area contributed by atoms with Crippen LogP contribution in [0.15, 0.2) is 12.2 Å². The third-order valence-electron chi connectivity index (χ3n) is 4.04. The van der Waals surface area contributed by atoms with Gasteiger partial charge in [-0.25, -0.2) is 0 Å². The van der Waals surface area contributed by atoms with Gasteiger partial charge < -0.3 is 61.2 Å². The molecule has 0 aromatic carbocycles. The summed E-state index contributed by atoms with van der Waals surface area (Å²) in [4.78, 5) is 9.82. The van der Waals surface area contributed by atoms with E-state index in [1.54, 1.807) is 6.92 Å². The highest BCUT2D eigenvalue weighted by Gasteiger charge is 2.46. The molecule has 13 nitrogen and oxygen atoms in total. The number of aliphatic hydroxyl groups is 9. The average Bonchev–Trinajstić information content (AvgIpc) is 2.70. The number of hydrogen-bond donors (Lipinski definition) is 10. The molecule has 29 heavy (non-hydrogen) atoms. The first-order valence-electron chi connectivity index (χ1n) is 8.60. The molecule has 0 unspecified atom stereocenters. The first-order valence-corrected chi connectivity index (χ1v) is 8.60. The fraction of sp³-hybridized carbons (Fsp3) is 0.812. The second-order valence-electron chi connectivity index (χ2n) is 6.43. The first-order chi connectivity index (χ1) is 13.4. The fourth-order valence-corrected chi connectivity index (χ4v) is 2.16. The van der Waals surface area contributed by atoms with E-state index in [1.165, 1.54) is 0 Å². The van der Waals surface area contributed by atoms with Crippen LogP contribution in [0.4, 0.5) is 0 Å². The summed E-state index contributed by atoms with van der Waals surface area (Å²) in [5.41, 5.74) is 5.09. The van der Waals surface area contributed by atoms with Crippen molar-refractivity contribution in [3.05, 3.63) is 12.2 Å². The molecule has 13 heteroatoms. The quantitative estimate of drug-likeness (QED) is 0.154. The largest absolute Gasteiger partial charge is 0.394 e. The number of aliphatic hydroxyl groups excluding tert-OH is 9. The Hall–Kier alpha value is -1.23. The van der Waals surface area contributed by atoms with Crippen molar-refractivity contribution < 1.29 is 60.2 Å². The van der Waals surface area contributed by atoms with E-state index in [4.69, 9.17) is 30.5 Å². The number of primary amides is 1. The average molecular weight is 429 g/mol. The molecule has 1 heterocycles. The summed E-state index contributed by atoms with van der Waals surface area (Å²) in [6.07, 6.45) is -15.1. The Balaban J connectivity index is 0.00000113. The Morgan fingerprint density at radius 3 is 1.90 bits per heavy atom. The van der Waals surface area contributed by atoms with Crippen molar-refractivity contribution in [2.75, 3.05) is 19.8 Å². The van der Waals surface area contributed by atoms with E-state index >= 15 is 0 Å². The van der Waals surface area contributed by atoms with Gasteiger partial charge >= 0.3 is 0 Å². The maximum Gasteiger partial charge on any atom is 0.243 e. The zero-order chi connectivity index (χ0) is 22.9. The second-order valence-corrected chi connectivity index (χ2v) is 6.43. The van der Waals surface area contributed by atoms with Crippen molar-refractivity contribution in [3.63, 3.8) is 0 Å². The van der Waals surface area contributed by atoms with E-state index in [-0.39, 0.29) is 0 Å². The maximum absolute atomic E-state index is 9.83. The minimum absolute atomic E-state index is 0.398. The van der Waals surface area contributed by atoms with Crippen LogP contribution in [0.5, 0.6) is 0 Å². The van der Waals surface area contributed by atoms with Gasteiger partial charge in [0.25, 0.3) is 0 Å². The Kier molecular flexibility index (Phi) is 12.6. The summed E-state index contributed by atoms with van der Waals surface area (Å²) in [6.45, 7) is 2.40. The lowest BCUT2D eigenvalue weighted by Crippen LogP contribution is -2.61. The summed E-state index contributed by atoms with van der Waals surface area (Å²) >= 11 is 0. The highest BCUT2D eigenvalue weighted by atomic mass is 16.7. The van der Waals surface area contributed by atoms with Crippen LogP contribution in [0.2, 0.25) is 0 Å². The molecule has 0 spiro atoms. The minimum atomic E-state index is -1.85. The minimum Gasteiger partial charge on any atom is -0.394 e. The molecule has 0 radical (unpaired) electrons. The zero-order valence-corrected chi connectivity index (χ0v) is 15.9. The molecule has 0 saturated carbocycles. The Morgan fingerprint density at radius 2 is 1.52 bits per heavy atom. The molecular weight excluding hydrogens is 398 g/mol.